The van der Waals surface area contributed by atoms with E-state index in [4.69, 9.17) is 43.7 Å². The normalized spacial score (nSPS) is 12.1. The van der Waals surface area contributed by atoms with Gasteiger partial charge in [-0.2, -0.15) is 0 Å². The van der Waals surface area contributed by atoms with Crippen molar-refractivity contribution in [3.05, 3.63) is 139 Å². The van der Waals surface area contributed by atoms with Crippen LogP contribution in [0.15, 0.2) is 94.8 Å². The van der Waals surface area contributed by atoms with Crippen LogP contribution in [0.2, 0.25) is 0 Å². The smallest absolute Gasteiger partial charge is 0.306 e. The van der Waals surface area contributed by atoms with Crippen LogP contribution in [0, 0.1) is 0 Å². The van der Waals surface area contributed by atoms with E-state index in [0.29, 0.717) is 95.0 Å². The number of fused-ring (bicyclic) bond motifs is 8. The number of pyridine rings is 4. The summed E-state index contributed by atoms with van der Waals surface area (Å²) in [5.74, 6) is -1.07. The molecule has 2 aliphatic rings. The number of aryl methyl sites for hydroxylation is 1. The summed E-state index contributed by atoms with van der Waals surface area (Å²) >= 11 is 0. The van der Waals surface area contributed by atoms with Gasteiger partial charge in [0.2, 0.25) is 5.91 Å². The van der Waals surface area contributed by atoms with Gasteiger partial charge in [-0.3, -0.25) is 34.1 Å². The number of aliphatic hydroxyl groups is 1. The first-order chi connectivity index (χ1) is 42.1. The highest BCUT2D eigenvalue weighted by molar-refractivity contribution is 5.87. The zero-order chi connectivity index (χ0) is 65.1. The number of carbonyl (C=O) groups excluding carboxylic acids is 5. The number of nitrogens with one attached hydrogen (secondary N) is 4. The number of hydrogen-bond donors (Lipinski definition) is 5. The van der Waals surface area contributed by atoms with E-state index in [1.165, 1.54) is 0 Å². The quantitative estimate of drug-likeness (QED) is 0.00730. The van der Waals surface area contributed by atoms with Gasteiger partial charge in [0.15, 0.2) is 5.88 Å². The fraction of sp³-hybridized carbons (Fsp3) is 0.478. The standard InChI is InChI=1S/C40H57N5O8.C20H20N2O2.C5H11NO.2CH2O/c1-8-30(37(48)43-27(2)3)32-24-34-36-29(23-28-13-9-10-14-33(28)44-36)25-45(34)38(49)31(32)15-16-35(47)51-21-11-18-41-40(6,7)52-22-17-39(4,5)53-42-19-12-20-50-26-46;1-3-6-13-10-18-19-15(9-14-7-4-5-8-17(14)21-19)11-22(18)20(23)16(13)12-24-2;1-4(2)6-5(3)7;2*1-2/h9-10,13-14,23-24,26-27,30,41-42H,8,11-12,15-22,25H2,1-7H3,(H,43,48);4-5,7-10H,3,6,11-12H2,1-2H3;4,6-7H,3H2,1-2H3;2*1H2. The highest BCUT2D eigenvalue weighted by Crippen LogP contribution is 2.36. The number of hydrogen-bond acceptors (Lipinski definition) is 18. The predicted molar refractivity (Wildman–Crippen MR) is 343 cm³/mol. The van der Waals surface area contributed by atoms with Crippen molar-refractivity contribution in [3.8, 4) is 22.8 Å². The van der Waals surface area contributed by atoms with Crippen molar-refractivity contribution in [3.63, 3.8) is 0 Å². The van der Waals surface area contributed by atoms with Gasteiger partial charge in [0.05, 0.1) is 84.8 Å². The van der Waals surface area contributed by atoms with Crippen molar-refractivity contribution in [1.29, 1.82) is 0 Å². The second-order valence-electron chi connectivity index (χ2n) is 22.9. The van der Waals surface area contributed by atoms with Gasteiger partial charge >= 0.3 is 5.97 Å². The lowest BCUT2D eigenvalue weighted by molar-refractivity contribution is -0.143. The number of methoxy groups -OCH3 is 1. The largest absolute Gasteiger partial charge is 0.495 e. The Hall–Kier alpha value is -7.95. The Bertz CT molecular complexity index is 3390. The Morgan fingerprint density at radius 3 is 1.83 bits per heavy atom. The van der Waals surface area contributed by atoms with Crippen molar-refractivity contribution in [2.75, 3.05) is 40.0 Å². The molecule has 0 saturated heterocycles. The molecule has 5 N–H and O–H groups in total. The molecule has 1 unspecified atom stereocenters. The Balaban J connectivity index is 0.000000386. The molecule has 2 aliphatic heterocycles. The molecular formula is C67H92N8O13. The van der Waals surface area contributed by atoms with E-state index in [1.807, 2.05) is 129 Å². The van der Waals surface area contributed by atoms with Gasteiger partial charge in [-0.05, 0) is 142 Å². The van der Waals surface area contributed by atoms with Crippen LogP contribution in [-0.4, -0.2) is 120 Å². The number of nitrogens with zero attached hydrogens (tertiary/aromatic N) is 4. The summed E-state index contributed by atoms with van der Waals surface area (Å²) < 4.78 is 25.1. The van der Waals surface area contributed by atoms with E-state index in [1.54, 1.807) is 11.7 Å². The third-order valence-corrected chi connectivity index (χ3v) is 14.3. The molecule has 0 saturated carbocycles. The van der Waals surface area contributed by atoms with Gasteiger partial charge in [-0.15, -0.1) is 0 Å². The highest BCUT2D eigenvalue weighted by atomic mass is 16.7. The van der Waals surface area contributed by atoms with Crippen molar-refractivity contribution < 1.29 is 52.9 Å². The zero-order valence-electron chi connectivity index (χ0n) is 53.3. The number of carbonyl (C=O) groups is 5. The number of amides is 1. The van der Waals surface area contributed by atoms with E-state index in [-0.39, 0.29) is 54.4 Å². The number of para-hydroxylation sites is 2. The van der Waals surface area contributed by atoms with Crippen LogP contribution >= 0.6 is 0 Å². The number of ether oxygens (including phenoxy) is 4. The van der Waals surface area contributed by atoms with Gasteiger partial charge in [0.25, 0.3) is 17.6 Å². The van der Waals surface area contributed by atoms with Gasteiger partial charge in [0.1, 0.15) is 19.3 Å². The second kappa shape index (κ2) is 35.8. The topological polar surface area (TPSA) is 270 Å². The Labute approximate surface area is 516 Å². The molecule has 21 heteroatoms. The molecule has 4 aromatic heterocycles. The lowest BCUT2D eigenvalue weighted by atomic mass is 9.89. The first-order valence-electron chi connectivity index (χ1n) is 29.9. The summed E-state index contributed by atoms with van der Waals surface area (Å²) in [4.78, 5) is 95.1. The lowest BCUT2D eigenvalue weighted by Gasteiger charge is -2.30. The van der Waals surface area contributed by atoms with Crippen molar-refractivity contribution in [2.45, 2.75) is 170 Å². The first-order valence-corrected chi connectivity index (χ1v) is 29.9. The molecule has 1 atom stereocenters. The summed E-state index contributed by atoms with van der Waals surface area (Å²) in [5, 5.41) is 19.6. The second-order valence-corrected chi connectivity index (χ2v) is 22.9. The minimum atomic E-state index is -0.606. The monoisotopic (exact) mass is 1220 g/mol. The van der Waals surface area contributed by atoms with Crippen LogP contribution in [0.1, 0.15) is 147 Å². The average molecular weight is 1220 g/mol. The van der Waals surface area contributed by atoms with Gasteiger partial charge in [-0.1, -0.05) is 56.7 Å². The minimum absolute atomic E-state index is 0.0141. The first kappa shape index (κ1) is 72.5. The van der Waals surface area contributed by atoms with Crippen LogP contribution < -0.4 is 32.5 Å². The van der Waals surface area contributed by atoms with Crippen molar-refractivity contribution >= 4 is 53.7 Å². The molecule has 0 fully saturated rings. The van der Waals surface area contributed by atoms with Crippen LogP contribution in [0.25, 0.3) is 44.6 Å². The number of benzene rings is 2. The van der Waals surface area contributed by atoms with Gasteiger partial charge in [-0.25, -0.2) is 15.4 Å². The number of aromatic nitrogens is 4. The SMILES string of the molecule is C=C(O)NC(C)C.C=O.C=O.CCC(C(=O)NC(C)C)c1cc2n(c(=O)c1CCC(=O)OCCCNC(C)(C)OCCC(C)(C)ONCCCOC=O)Cc1cc3ccccc3nc1-2.CCCc1cc2n(c(=O)c1COC)Cc1cc3ccccc3nc1-2. The van der Waals surface area contributed by atoms with E-state index < -0.39 is 23.2 Å². The molecule has 0 radical (unpaired) electrons. The highest BCUT2D eigenvalue weighted by Gasteiger charge is 2.31. The van der Waals surface area contributed by atoms with E-state index in [9.17, 15) is 24.0 Å². The maximum absolute atomic E-state index is 14.1. The van der Waals surface area contributed by atoms with E-state index in [0.717, 1.165) is 74.0 Å². The van der Waals surface area contributed by atoms with Crippen LogP contribution in [-0.2, 0) is 80.3 Å². The Morgan fingerprint density at radius 2 is 1.31 bits per heavy atom. The molecule has 0 bridgehead atoms. The lowest BCUT2D eigenvalue weighted by Crippen LogP contribution is -2.44. The summed E-state index contributed by atoms with van der Waals surface area (Å²) in [7, 11) is 1.64. The Morgan fingerprint density at radius 1 is 0.750 bits per heavy atom. The molecule has 478 valence electrons. The summed E-state index contributed by atoms with van der Waals surface area (Å²) in [6.45, 7) is 30.7. The molecule has 8 rings (SSSR count). The summed E-state index contributed by atoms with van der Waals surface area (Å²) in [5.41, 5.74) is 11.8. The maximum Gasteiger partial charge on any atom is 0.306 e. The summed E-state index contributed by atoms with van der Waals surface area (Å²) in [6.07, 6.45) is 4.41. The number of rotatable bonds is 29. The fourth-order valence-corrected chi connectivity index (χ4v) is 10.2. The molecule has 88 heavy (non-hydrogen) atoms. The Kier molecular flexibility index (Phi) is 29.5. The fourth-order valence-electron chi connectivity index (χ4n) is 10.2. The average Bonchev–Trinajstić information content (AvgIpc) is 1.64. The molecule has 6 aromatic rings. The number of esters is 1. The summed E-state index contributed by atoms with van der Waals surface area (Å²) in [6, 6.07) is 24.4. The van der Waals surface area contributed by atoms with Crippen molar-refractivity contribution in [1.82, 2.24) is 40.5 Å². The molecular weight excluding hydrogens is 1120 g/mol. The molecule has 0 spiro atoms. The molecule has 0 aliphatic carbocycles. The van der Waals surface area contributed by atoms with E-state index in [2.05, 4.69) is 63.9 Å². The third kappa shape index (κ3) is 20.9. The van der Waals surface area contributed by atoms with Crippen LogP contribution in [0.5, 0.6) is 0 Å². The molecule has 6 heterocycles. The van der Waals surface area contributed by atoms with Crippen LogP contribution in [0.4, 0.5) is 0 Å². The van der Waals surface area contributed by atoms with Gasteiger partial charge in [0, 0.05) is 78.2 Å². The molecule has 2 aromatic carbocycles. The van der Waals surface area contributed by atoms with Crippen molar-refractivity contribution in [2.24, 2.45) is 0 Å². The zero-order valence-corrected chi connectivity index (χ0v) is 53.3. The molecule has 21 nitrogen and oxygen atoms in total. The third-order valence-electron chi connectivity index (χ3n) is 14.3. The van der Waals surface area contributed by atoms with E-state index >= 15 is 0 Å². The molecule has 1 amide bonds. The van der Waals surface area contributed by atoms with Gasteiger partial charge < -0.3 is 53.4 Å². The minimum Gasteiger partial charge on any atom is -0.495 e. The predicted octanol–water partition coefficient (Wildman–Crippen LogP) is 9.07. The van der Waals surface area contributed by atoms with Crippen LogP contribution in [0.3, 0.4) is 0 Å². The number of hydroxylamine groups is 1. The maximum atomic E-state index is 14.1. The number of aliphatic hydroxyl groups excluding tert-OH is 1.